The summed E-state index contributed by atoms with van der Waals surface area (Å²) >= 11 is 0. The predicted octanol–water partition coefficient (Wildman–Crippen LogP) is -9.29. The molecule has 120 heavy (non-hydrogen) atoms. The fraction of sp³-hybridized carbons (Fsp3) is 0.649. The SMILES string of the molecule is CC[C@H](C)[C@H](NC(=O)[C@@H]1CCCN1C(=O)[C@@H](NC(=O)[C@H](CCCN=C(N)N)NC(=O)CNC(=O)[C@H](CCCCN)NC(=O)[C@@H](NC(=O)[C@H](CC(C)C)NC(=O)[C@H](CCCCN)NC(=O)CNC(=O)[C@H](CC(N)=O)NC(=O)CNC(=O)[C@H](CC(=O)O)NC(=O)[C@H](Cc1ccc(O)cc1)NC(=O)CNC(=O)[C@@H](N)CC(N)=O)[C@@H](C)CC)[C@@H](C)O)C(=O)O. The minimum absolute atomic E-state index is 0.0187. The third kappa shape index (κ3) is 39.1. The maximum atomic E-state index is 14.5. The zero-order chi connectivity index (χ0) is 90.6. The fourth-order valence-corrected chi connectivity index (χ4v) is 12.1. The number of amides is 17. The van der Waals surface area contributed by atoms with Crippen molar-refractivity contribution in [1.29, 1.82) is 0 Å². The highest BCUT2D eigenvalue weighted by atomic mass is 16.4. The molecular formula is C74H123N23O23. The summed E-state index contributed by atoms with van der Waals surface area (Å²) in [6.07, 6.45) is -2.39. The molecule has 2 rings (SSSR count). The van der Waals surface area contributed by atoms with Gasteiger partial charge in [-0.05, 0) is 126 Å². The van der Waals surface area contributed by atoms with Gasteiger partial charge < -0.3 is 140 Å². The number of likely N-dealkylation sites (tertiary alicyclic amines) is 1. The molecule has 0 aliphatic carbocycles. The molecule has 46 heteroatoms. The molecule has 0 bridgehead atoms. The van der Waals surface area contributed by atoms with Crippen molar-refractivity contribution in [2.75, 3.05) is 52.4 Å². The van der Waals surface area contributed by atoms with Crippen LogP contribution in [0.1, 0.15) is 157 Å². The number of nitrogens with one attached hydrogen (secondary N) is 14. The molecule has 32 N–H and O–H groups in total. The van der Waals surface area contributed by atoms with E-state index in [4.69, 9.17) is 40.1 Å². The number of nitrogens with zero attached hydrogens (tertiary/aromatic N) is 2. The number of carboxylic acids is 2. The van der Waals surface area contributed by atoms with Crippen LogP contribution in [0.5, 0.6) is 5.75 Å². The summed E-state index contributed by atoms with van der Waals surface area (Å²) in [6.45, 7) is 8.17. The summed E-state index contributed by atoms with van der Waals surface area (Å²) in [5.41, 5.74) is 39.0. The summed E-state index contributed by atoms with van der Waals surface area (Å²) in [5, 5.41) is 73.8. The maximum absolute atomic E-state index is 14.5. The first-order valence-electron chi connectivity index (χ1n) is 39.6. The Kier molecular flexibility index (Phi) is 47.0. The topological polar surface area (TPSA) is 771 Å². The molecule has 672 valence electrons. The summed E-state index contributed by atoms with van der Waals surface area (Å²) in [5.74, 6) is -21.7. The molecule has 46 nitrogen and oxygen atoms in total. The molecule has 1 aliphatic rings. The van der Waals surface area contributed by atoms with Gasteiger partial charge >= 0.3 is 11.9 Å². The van der Waals surface area contributed by atoms with Crippen molar-refractivity contribution in [2.24, 2.45) is 62.9 Å². The van der Waals surface area contributed by atoms with Crippen LogP contribution in [0, 0.1) is 17.8 Å². The first-order valence-corrected chi connectivity index (χ1v) is 39.6. The Morgan fingerprint density at radius 1 is 0.475 bits per heavy atom. The number of aliphatic carboxylic acids is 2. The van der Waals surface area contributed by atoms with Crippen LogP contribution in [0.15, 0.2) is 29.3 Å². The zero-order valence-corrected chi connectivity index (χ0v) is 68.7. The van der Waals surface area contributed by atoms with Crippen LogP contribution in [0.3, 0.4) is 0 Å². The second-order valence-corrected chi connectivity index (χ2v) is 29.6. The lowest BCUT2D eigenvalue weighted by atomic mass is 9.96. The molecule has 0 unspecified atom stereocenters. The number of carbonyl (C=O) groups excluding carboxylic acids is 17. The van der Waals surface area contributed by atoms with Crippen LogP contribution >= 0.6 is 0 Å². The van der Waals surface area contributed by atoms with Crippen molar-refractivity contribution in [2.45, 2.75) is 236 Å². The second-order valence-electron chi connectivity index (χ2n) is 29.6. The molecule has 1 saturated heterocycles. The Morgan fingerprint density at radius 3 is 1.36 bits per heavy atom. The van der Waals surface area contributed by atoms with Crippen molar-refractivity contribution in [1.82, 2.24) is 79.3 Å². The largest absolute Gasteiger partial charge is 0.508 e. The van der Waals surface area contributed by atoms with Crippen molar-refractivity contribution in [3.05, 3.63) is 29.8 Å². The lowest BCUT2D eigenvalue weighted by molar-refractivity contribution is -0.147. The highest BCUT2D eigenvalue weighted by Gasteiger charge is 2.43. The summed E-state index contributed by atoms with van der Waals surface area (Å²) in [6, 6.07) is -12.8. The third-order valence-electron chi connectivity index (χ3n) is 19.1. The van der Waals surface area contributed by atoms with Crippen LogP contribution < -0.4 is 115 Å². The Bertz CT molecular complexity index is 3720. The number of aliphatic hydroxyl groups excluding tert-OH is 1. The Labute approximate surface area is 693 Å². The number of nitrogens with two attached hydrogens (primary N) is 7. The van der Waals surface area contributed by atoms with Crippen LogP contribution in [0.4, 0.5) is 0 Å². The van der Waals surface area contributed by atoms with Crippen LogP contribution in [0.2, 0.25) is 0 Å². The molecule has 0 radical (unpaired) electrons. The number of aromatic hydroxyl groups is 1. The molecule has 17 amide bonds. The monoisotopic (exact) mass is 1700 g/mol. The van der Waals surface area contributed by atoms with E-state index in [1.165, 1.54) is 31.2 Å². The number of primary amides is 2. The van der Waals surface area contributed by atoms with Crippen molar-refractivity contribution < 1.29 is 112 Å². The minimum Gasteiger partial charge on any atom is -0.508 e. The molecule has 0 spiro atoms. The van der Waals surface area contributed by atoms with Gasteiger partial charge in [0, 0.05) is 19.5 Å². The first kappa shape index (κ1) is 104. The van der Waals surface area contributed by atoms with Gasteiger partial charge in [0.05, 0.1) is 57.6 Å². The van der Waals surface area contributed by atoms with Gasteiger partial charge in [0.1, 0.15) is 72.2 Å². The predicted molar refractivity (Wildman–Crippen MR) is 429 cm³/mol. The van der Waals surface area contributed by atoms with Crippen LogP contribution in [-0.4, -0.2) is 275 Å². The van der Waals surface area contributed by atoms with Gasteiger partial charge in [-0.3, -0.25) is 91.3 Å². The highest BCUT2D eigenvalue weighted by molar-refractivity contribution is 6.01. The second kappa shape index (κ2) is 54.2. The number of hydrogen-bond acceptors (Lipinski definition) is 25. The number of benzene rings is 1. The molecular weight excluding hydrogens is 1580 g/mol. The average Bonchev–Trinajstić information content (AvgIpc) is 1.67. The van der Waals surface area contributed by atoms with Gasteiger partial charge in [0.15, 0.2) is 5.96 Å². The Hall–Kier alpha value is -11.9. The number of aliphatic imine (C=N–C) groups is 1. The van der Waals surface area contributed by atoms with Crippen LogP contribution in [0.25, 0.3) is 0 Å². The number of phenols is 1. The highest BCUT2D eigenvalue weighted by Crippen LogP contribution is 2.22. The van der Waals surface area contributed by atoms with E-state index < -0.39 is 248 Å². The number of phenolic OH excluding ortho intramolecular Hbond substituents is 1. The first-order chi connectivity index (χ1) is 56.5. The normalized spacial score (nSPS) is 15.8. The lowest BCUT2D eigenvalue weighted by Gasteiger charge is -2.32. The van der Waals surface area contributed by atoms with Gasteiger partial charge in [-0.15, -0.1) is 0 Å². The van der Waals surface area contributed by atoms with Crippen molar-refractivity contribution in [3.8, 4) is 5.75 Å². The smallest absolute Gasteiger partial charge is 0.326 e. The number of guanidine groups is 1. The standard InChI is InChI=1S/C74H123N23O23/c1-8-38(5)59(71(117)91-44(16-10-12-24-75)63(109)84-34-54(102)88-46(18-14-26-82-74(80)81)67(113)96-61(40(7)98)72(118)97-27-15-19-51(97)70(116)95-60(73(119)120)39(6)9-2)94-69(115)47(28-37(3)4)92-66(112)45(17-11-13-25-76)87-55(103)35-85-64(110)49(31-53(79)101)90-57(105)36-86-65(111)50(32-58(106)107)93-68(114)48(29-41-20-22-42(99)23-21-41)89-56(104)33-83-62(108)43(77)30-52(78)100/h20-23,37-40,43-51,59-61,98-99H,8-19,24-36,75-77H2,1-7H3,(H2,78,100)(H2,79,101)(H,83,108)(H,84,109)(H,85,110)(H,86,111)(H,87,103)(H,88,102)(H,89,104)(H,90,105)(H,91,117)(H,92,112)(H,93,114)(H,94,115)(H,95,116)(H,96,113)(H,106,107)(H,119,120)(H4,80,81,82)/t38-,39-,40+,43-,44-,45-,46-,47-,48-,49-,50-,51-,59-,60-,61-/m0/s1. The Morgan fingerprint density at radius 2 is 0.892 bits per heavy atom. The summed E-state index contributed by atoms with van der Waals surface area (Å²) in [7, 11) is 0. The molecule has 0 saturated carbocycles. The minimum atomic E-state index is -1.96. The van der Waals surface area contributed by atoms with E-state index in [9.17, 15) is 112 Å². The average molecular weight is 1700 g/mol. The number of aliphatic hydroxyl groups is 1. The number of unbranched alkanes of at least 4 members (excludes halogenated alkanes) is 2. The molecule has 0 aromatic heterocycles. The van der Waals surface area contributed by atoms with Crippen molar-refractivity contribution >= 4 is 118 Å². The van der Waals surface area contributed by atoms with Gasteiger partial charge in [0.2, 0.25) is 100 Å². The molecule has 1 aromatic rings. The molecule has 1 heterocycles. The summed E-state index contributed by atoms with van der Waals surface area (Å²) < 4.78 is 0. The van der Waals surface area contributed by atoms with Gasteiger partial charge in [-0.1, -0.05) is 66.5 Å². The Balaban J connectivity index is 2.31. The van der Waals surface area contributed by atoms with E-state index in [2.05, 4.69) is 79.4 Å². The number of hydrogen-bond donors (Lipinski definition) is 25. The maximum Gasteiger partial charge on any atom is 0.326 e. The molecule has 1 aromatic carbocycles. The lowest BCUT2D eigenvalue weighted by Crippen LogP contribution is -2.61. The van der Waals surface area contributed by atoms with Gasteiger partial charge in [-0.25, -0.2) is 4.79 Å². The molecule has 1 fully saturated rings. The molecule has 1 aliphatic heterocycles. The van der Waals surface area contributed by atoms with E-state index in [-0.39, 0.29) is 108 Å². The van der Waals surface area contributed by atoms with E-state index in [1.54, 1.807) is 41.5 Å². The quantitative estimate of drug-likeness (QED) is 0.0164. The van der Waals surface area contributed by atoms with Gasteiger partial charge in [0.25, 0.3) is 0 Å². The molecule has 15 atom stereocenters. The van der Waals surface area contributed by atoms with Crippen LogP contribution in [-0.2, 0) is 97.5 Å². The van der Waals surface area contributed by atoms with E-state index >= 15 is 0 Å². The van der Waals surface area contributed by atoms with Crippen molar-refractivity contribution in [3.63, 3.8) is 0 Å². The zero-order valence-electron chi connectivity index (χ0n) is 68.7. The summed E-state index contributed by atoms with van der Waals surface area (Å²) in [4.78, 5) is 259. The van der Waals surface area contributed by atoms with E-state index in [0.717, 1.165) is 4.90 Å². The number of rotatable bonds is 57. The number of carboxylic acid groups (broad SMARTS) is 2. The number of carbonyl (C=O) groups is 19. The fourth-order valence-electron chi connectivity index (χ4n) is 12.1. The van der Waals surface area contributed by atoms with Gasteiger partial charge in [-0.2, -0.15) is 0 Å². The van der Waals surface area contributed by atoms with E-state index in [1.807, 2.05) is 0 Å². The third-order valence-corrected chi connectivity index (χ3v) is 19.1. The van der Waals surface area contributed by atoms with E-state index in [0.29, 0.717) is 31.2 Å².